The molecule has 0 saturated heterocycles. The molecule has 0 fully saturated rings. The summed E-state index contributed by atoms with van der Waals surface area (Å²) in [5, 5.41) is 21.4. The van der Waals surface area contributed by atoms with E-state index < -0.39 is 58.0 Å². The maximum absolute atomic E-state index is 12.2. The van der Waals surface area contributed by atoms with Gasteiger partial charge in [0.25, 0.3) is 10.1 Å². The molecule has 2 atom stereocenters. The molecule has 0 aliphatic rings. The molecule has 0 aromatic carbocycles. The van der Waals surface area contributed by atoms with E-state index in [0.29, 0.717) is 0 Å². The summed E-state index contributed by atoms with van der Waals surface area (Å²) in [6, 6.07) is 0. The van der Waals surface area contributed by atoms with E-state index in [9.17, 15) is 27.9 Å². The van der Waals surface area contributed by atoms with Crippen LogP contribution in [0.15, 0.2) is 0 Å². The molecule has 11 heteroatoms. The topological polar surface area (TPSA) is 156 Å². The van der Waals surface area contributed by atoms with Gasteiger partial charge in [-0.1, -0.05) is 27.7 Å². The number of rotatable bonds is 12. The minimum absolute atomic E-state index is 0.0718. The maximum Gasteiger partial charge on any atom is 0.333 e. The first-order valence-corrected chi connectivity index (χ1v) is 10.0. The van der Waals surface area contributed by atoms with E-state index in [-0.39, 0.29) is 18.9 Å². The number of aliphatic hydroxyl groups is 1. The molecule has 1 amide bonds. The molecule has 0 aliphatic heterocycles. The van der Waals surface area contributed by atoms with E-state index >= 15 is 0 Å². The molecule has 0 radical (unpaired) electrons. The molecule has 0 bridgehead atoms. The van der Waals surface area contributed by atoms with Gasteiger partial charge < -0.3 is 20.3 Å². The molecule has 0 spiro atoms. The van der Waals surface area contributed by atoms with Crippen molar-refractivity contribution in [2.24, 2.45) is 11.3 Å². The SMILES string of the molecule is CC(=O)NCCCS(=O)(=O)OC(COC(=O)C(C)C)C(C)(C)[C@@H](O)C(=O)O. The van der Waals surface area contributed by atoms with Crippen molar-refractivity contribution in [3.63, 3.8) is 0 Å². The van der Waals surface area contributed by atoms with Crippen molar-refractivity contribution in [3.05, 3.63) is 0 Å². The molecular formula is C16H29NO9S. The Labute approximate surface area is 159 Å². The number of hydrogen-bond acceptors (Lipinski definition) is 8. The average Bonchev–Trinajstić information content (AvgIpc) is 2.53. The fourth-order valence-electron chi connectivity index (χ4n) is 1.92. The van der Waals surface area contributed by atoms with Crippen LogP contribution in [0.4, 0.5) is 0 Å². The number of carboxylic acids is 1. The number of carbonyl (C=O) groups is 3. The molecule has 3 N–H and O–H groups in total. The van der Waals surface area contributed by atoms with Gasteiger partial charge >= 0.3 is 11.9 Å². The molecule has 10 nitrogen and oxygen atoms in total. The summed E-state index contributed by atoms with van der Waals surface area (Å²) in [5.74, 6) is -3.41. The van der Waals surface area contributed by atoms with Gasteiger partial charge in [-0.2, -0.15) is 8.42 Å². The molecule has 0 rings (SSSR count). The lowest BCUT2D eigenvalue weighted by molar-refractivity contribution is -0.163. The Balaban J connectivity index is 5.25. The molecule has 0 heterocycles. The van der Waals surface area contributed by atoms with Gasteiger partial charge in [-0.15, -0.1) is 0 Å². The number of nitrogens with one attached hydrogen (secondary N) is 1. The normalized spacial score (nSPS) is 14.5. The van der Waals surface area contributed by atoms with Gasteiger partial charge in [0.2, 0.25) is 5.91 Å². The van der Waals surface area contributed by atoms with Crippen molar-refractivity contribution >= 4 is 28.0 Å². The molecule has 0 aliphatic carbocycles. The summed E-state index contributed by atoms with van der Waals surface area (Å²) in [6.45, 7) is 6.62. The Bertz CT molecular complexity index is 628. The van der Waals surface area contributed by atoms with Crippen LogP contribution in [0.2, 0.25) is 0 Å². The summed E-state index contributed by atoms with van der Waals surface area (Å²) in [7, 11) is -4.14. The predicted molar refractivity (Wildman–Crippen MR) is 95.2 cm³/mol. The highest BCUT2D eigenvalue weighted by Crippen LogP contribution is 2.30. The average molecular weight is 411 g/mol. The van der Waals surface area contributed by atoms with Crippen LogP contribution in [-0.4, -0.2) is 67.6 Å². The number of aliphatic carboxylic acids is 1. The van der Waals surface area contributed by atoms with Crippen LogP contribution in [-0.2, 0) is 33.4 Å². The summed E-state index contributed by atoms with van der Waals surface area (Å²) in [6.07, 6.45) is -3.30. The standard InChI is InChI=1S/C16H29NO9S/c1-10(2)15(22)25-9-12(16(4,5)13(19)14(20)21)26-27(23,24)8-6-7-17-11(3)18/h10,12-13,19H,6-9H2,1-5H3,(H,17,18)(H,20,21)/t12?,13-/m0/s1. The third-order valence-corrected chi connectivity index (χ3v) is 5.14. The third kappa shape index (κ3) is 9.16. The van der Waals surface area contributed by atoms with Crippen LogP contribution in [0.1, 0.15) is 41.0 Å². The van der Waals surface area contributed by atoms with Gasteiger partial charge in [0.1, 0.15) is 12.7 Å². The zero-order valence-corrected chi connectivity index (χ0v) is 17.0. The highest BCUT2D eigenvalue weighted by atomic mass is 32.2. The lowest BCUT2D eigenvalue weighted by Crippen LogP contribution is -2.49. The minimum atomic E-state index is -4.14. The Morgan fingerprint density at radius 2 is 1.74 bits per heavy atom. The van der Waals surface area contributed by atoms with E-state index in [0.717, 1.165) is 0 Å². The molecule has 158 valence electrons. The first kappa shape index (κ1) is 25.3. The van der Waals surface area contributed by atoms with E-state index in [1.807, 2.05) is 0 Å². The van der Waals surface area contributed by atoms with Crippen molar-refractivity contribution in [3.8, 4) is 0 Å². The molecule has 27 heavy (non-hydrogen) atoms. The number of aliphatic hydroxyl groups excluding tert-OH is 1. The molecule has 0 saturated carbocycles. The van der Waals surface area contributed by atoms with Crippen LogP contribution < -0.4 is 5.32 Å². The Morgan fingerprint density at radius 1 is 1.19 bits per heavy atom. The highest BCUT2D eigenvalue weighted by Gasteiger charge is 2.44. The van der Waals surface area contributed by atoms with E-state index in [1.54, 1.807) is 13.8 Å². The first-order chi connectivity index (χ1) is 12.2. The summed E-state index contributed by atoms with van der Waals surface area (Å²) in [5.41, 5.74) is -1.58. The summed E-state index contributed by atoms with van der Waals surface area (Å²) < 4.78 is 34.5. The van der Waals surface area contributed by atoms with Crippen molar-refractivity contribution in [2.45, 2.75) is 53.2 Å². The lowest BCUT2D eigenvalue weighted by atomic mass is 9.81. The Morgan fingerprint density at radius 3 is 2.19 bits per heavy atom. The van der Waals surface area contributed by atoms with Crippen LogP contribution >= 0.6 is 0 Å². The second-order valence-corrected chi connectivity index (χ2v) is 8.75. The third-order valence-electron chi connectivity index (χ3n) is 3.82. The van der Waals surface area contributed by atoms with Gasteiger partial charge in [0, 0.05) is 18.9 Å². The zero-order chi connectivity index (χ0) is 21.4. The van der Waals surface area contributed by atoms with Crippen molar-refractivity contribution in [2.75, 3.05) is 18.9 Å². The van der Waals surface area contributed by atoms with Crippen LogP contribution in [0.5, 0.6) is 0 Å². The van der Waals surface area contributed by atoms with Gasteiger partial charge in [-0.05, 0) is 6.42 Å². The second-order valence-electron chi connectivity index (χ2n) is 7.03. The largest absolute Gasteiger partial charge is 0.479 e. The van der Waals surface area contributed by atoms with Gasteiger partial charge in [0.05, 0.1) is 11.7 Å². The summed E-state index contributed by atoms with van der Waals surface area (Å²) >= 11 is 0. The summed E-state index contributed by atoms with van der Waals surface area (Å²) in [4.78, 5) is 33.6. The number of ether oxygens (including phenoxy) is 1. The van der Waals surface area contributed by atoms with Crippen LogP contribution in [0.3, 0.4) is 0 Å². The minimum Gasteiger partial charge on any atom is -0.479 e. The van der Waals surface area contributed by atoms with Crippen molar-refractivity contribution in [1.29, 1.82) is 0 Å². The number of hydrogen-bond donors (Lipinski definition) is 3. The van der Waals surface area contributed by atoms with E-state index in [4.69, 9.17) is 14.0 Å². The second kappa shape index (κ2) is 10.6. The van der Waals surface area contributed by atoms with E-state index in [1.165, 1.54) is 20.8 Å². The number of esters is 1. The predicted octanol–water partition coefficient (Wildman–Crippen LogP) is -0.101. The Hall–Kier alpha value is -1.72. The molecular weight excluding hydrogens is 382 g/mol. The molecule has 1 unspecified atom stereocenters. The monoisotopic (exact) mass is 411 g/mol. The van der Waals surface area contributed by atoms with Gasteiger partial charge in [0.15, 0.2) is 6.10 Å². The number of carbonyl (C=O) groups excluding carboxylic acids is 2. The molecule has 0 aromatic rings. The maximum atomic E-state index is 12.2. The Kier molecular flexibility index (Phi) is 9.90. The quantitative estimate of drug-likeness (QED) is 0.227. The fraction of sp³-hybridized carbons (Fsp3) is 0.812. The smallest absolute Gasteiger partial charge is 0.333 e. The highest BCUT2D eigenvalue weighted by molar-refractivity contribution is 7.86. The number of carboxylic acid groups (broad SMARTS) is 1. The van der Waals surface area contributed by atoms with Gasteiger partial charge in [-0.25, -0.2) is 4.79 Å². The van der Waals surface area contributed by atoms with Crippen molar-refractivity contribution < 1.29 is 41.9 Å². The zero-order valence-electron chi connectivity index (χ0n) is 16.2. The lowest BCUT2D eigenvalue weighted by Gasteiger charge is -2.35. The van der Waals surface area contributed by atoms with Crippen LogP contribution in [0, 0.1) is 11.3 Å². The van der Waals surface area contributed by atoms with Gasteiger partial charge in [-0.3, -0.25) is 13.8 Å². The first-order valence-electron chi connectivity index (χ1n) is 8.43. The van der Waals surface area contributed by atoms with Crippen molar-refractivity contribution in [1.82, 2.24) is 5.32 Å². The fourth-order valence-corrected chi connectivity index (χ4v) is 3.18. The van der Waals surface area contributed by atoms with E-state index in [2.05, 4.69) is 5.32 Å². The number of amides is 1. The van der Waals surface area contributed by atoms with Crippen LogP contribution in [0.25, 0.3) is 0 Å². The molecule has 0 aromatic heterocycles.